The Morgan fingerprint density at radius 3 is 2.00 bits per heavy atom. The van der Waals surface area contributed by atoms with Crippen molar-refractivity contribution in [3.63, 3.8) is 0 Å². The number of halogens is 1. The van der Waals surface area contributed by atoms with Gasteiger partial charge in [-0.2, -0.15) is 8.42 Å². The van der Waals surface area contributed by atoms with Crippen molar-refractivity contribution in [3.05, 3.63) is 30.6 Å². The fourth-order valence-corrected chi connectivity index (χ4v) is 1.44. The van der Waals surface area contributed by atoms with E-state index in [2.05, 4.69) is 4.98 Å². The van der Waals surface area contributed by atoms with E-state index in [1.165, 1.54) is 0 Å². The lowest BCUT2D eigenvalue weighted by Crippen LogP contribution is -2.03. The van der Waals surface area contributed by atoms with Crippen LogP contribution in [-0.2, 0) is 10.1 Å². The van der Waals surface area contributed by atoms with Crippen LogP contribution in [0, 0.1) is 0 Å². The van der Waals surface area contributed by atoms with Gasteiger partial charge in [0, 0.05) is 12.4 Å². The number of aromatic nitrogens is 1. The molecule has 0 bridgehead atoms. The highest BCUT2D eigenvalue weighted by Gasteiger charge is 2.02. The third-order valence-corrected chi connectivity index (χ3v) is 2.41. The van der Waals surface area contributed by atoms with E-state index in [4.69, 9.17) is 4.55 Å². The van der Waals surface area contributed by atoms with Crippen LogP contribution in [0.4, 0.5) is 4.39 Å². The van der Waals surface area contributed by atoms with Gasteiger partial charge in [-0.3, -0.25) is 13.9 Å². The van der Waals surface area contributed by atoms with Gasteiger partial charge in [0.05, 0.1) is 12.4 Å². The molecule has 1 aromatic rings. The first kappa shape index (κ1) is 15.0. The van der Waals surface area contributed by atoms with Crippen molar-refractivity contribution in [1.29, 1.82) is 0 Å². The fraction of sp³-hybridized carbons (Fsp3) is 0.500. The average molecular weight is 249 g/mol. The Balaban J connectivity index is 0.000000315. The molecule has 0 radical (unpaired) electrons. The quantitative estimate of drug-likeness (QED) is 0.641. The van der Waals surface area contributed by atoms with Gasteiger partial charge in [0.1, 0.15) is 0 Å². The van der Waals surface area contributed by atoms with Gasteiger partial charge in [-0.15, -0.1) is 0 Å². The molecule has 0 spiro atoms. The van der Waals surface area contributed by atoms with Crippen molar-refractivity contribution in [2.45, 2.75) is 19.3 Å². The van der Waals surface area contributed by atoms with E-state index >= 15 is 0 Å². The highest BCUT2D eigenvalue weighted by molar-refractivity contribution is 7.85. The Morgan fingerprint density at radius 2 is 1.69 bits per heavy atom. The van der Waals surface area contributed by atoms with Crippen molar-refractivity contribution in [1.82, 2.24) is 4.98 Å². The fourth-order valence-electron chi connectivity index (χ4n) is 0.868. The summed E-state index contributed by atoms with van der Waals surface area (Å²) in [5, 5.41) is 0. The van der Waals surface area contributed by atoms with Crippen molar-refractivity contribution < 1.29 is 17.4 Å². The zero-order valence-electron chi connectivity index (χ0n) is 8.92. The molecule has 1 aromatic heterocycles. The topological polar surface area (TPSA) is 67.3 Å². The van der Waals surface area contributed by atoms with Crippen LogP contribution in [0.25, 0.3) is 0 Å². The van der Waals surface area contributed by atoms with E-state index < -0.39 is 16.8 Å². The number of unbranched alkanes of at least 4 members (excludes halogenated alkanes) is 2. The highest BCUT2D eigenvalue weighted by Crippen LogP contribution is 1.97. The van der Waals surface area contributed by atoms with Crippen molar-refractivity contribution >= 4 is 10.1 Å². The number of alkyl halides is 1. The third-order valence-electron chi connectivity index (χ3n) is 1.60. The molecule has 4 nitrogen and oxygen atoms in total. The Morgan fingerprint density at radius 1 is 1.06 bits per heavy atom. The number of hydrogen-bond donors (Lipinski definition) is 1. The molecular formula is C10H16FNO3S. The summed E-state index contributed by atoms with van der Waals surface area (Å²) in [5.41, 5.74) is 0. The summed E-state index contributed by atoms with van der Waals surface area (Å²) < 4.78 is 39.7. The summed E-state index contributed by atoms with van der Waals surface area (Å²) in [6.07, 6.45) is 4.72. The van der Waals surface area contributed by atoms with E-state index in [0.717, 1.165) is 0 Å². The molecule has 0 aliphatic rings. The molecular weight excluding hydrogens is 233 g/mol. The van der Waals surface area contributed by atoms with Crippen LogP contribution in [-0.4, -0.2) is 30.4 Å². The van der Waals surface area contributed by atoms with Gasteiger partial charge in [0.2, 0.25) is 0 Å². The van der Waals surface area contributed by atoms with E-state index in [0.29, 0.717) is 19.3 Å². The second kappa shape index (κ2) is 9.23. The summed E-state index contributed by atoms with van der Waals surface area (Å²) in [6, 6.07) is 5.72. The largest absolute Gasteiger partial charge is 0.286 e. The van der Waals surface area contributed by atoms with Gasteiger partial charge in [-0.1, -0.05) is 6.07 Å². The van der Waals surface area contributed by atoms with Crippen LogP contribution in [0.3, 0.4) is 0 Å². The molecule has 0 aliphatic heterocycles. The normalized spacial score (nSPS) is 10.4. The third kappa shape index (κ3) is 13.0. The average Bonchev–Trinajstić information content (AvgIpc) is 2.27. The number of hydrogen-bond acceptors (Lipinski definition) is 3. The Kier molecular flexibility index (Phi) is 8.65. The summed E-state index contributed by atoms with van der Waals surface area (Å²) >= 11 is 0. The zero-order valence-corrected chi connectivity index (χ0v) is 9.74. The molecule has 0 atom stereocenters. The monoisotopic (exact) mass is 249 g/mol. The SMILES string of the molecule is O=S(=O)(O)CCCCCF.c1ccncc1. The molecule has 1 heterocycles. The van der Waals surface area contributed by atoms with Crippen molar-refractivity contribution in [2.24, 2.45) is 0 Å². The molecule has 0 amide bonds. The van der Waals surface area contributed by atoms with Crippen LogP contribution >= 0.6 is 0 Å². The van der Waals surface area contributed by atoms with Crippen LogP contribution in [0.15, 0.2) is 30.6 Å². The highest BCUT2D eigenvalue weighted by atomic mass is 32.2. The molecule has 6 heteroatoms. The molecule has 16 heavy (non-hydrogen) atoms. The maximum Gasteiger partial charge on any atom is 0.264 e. The van der Waals surface area contributed by atoms with Crippen LogP contribution in [0.1, 0.15) is 19.3 Å². The smallest absolute Gasteiger partial charge is 0.264 e. The van der Waals surface area contributed by atoms with Gasteiger partial charge < -0.3 is 0 Å². The van der Waals surface area contributed by atoms with Gasteiger partial charge in [0.25, 0.3) is 10.1 Å². The minimum Gasteiger partial charge on any atom is -0.286 e. The molecule has 0 saturated carbocycles. The summed E-state index contributed by atoms with van der Waals surface area (Å²) in [7, 11) is -3.83. The number of pyridine rings is 1. The Hall–Kier alpha value is -1.01. The number of rotatable bonds is 5. The van der Waals surface area contributed by atoms with Gasteiger partial charge in [0.15, 0.2) is 0 Å². The lowest BCUT2D eigenvalue weighted by atomic mass is 10.3. The maximum atomic E-state index is 11.4. The summed E-state index contributed by atoms with van der Waals surface area (Å²) in [4.78, 5) is 3.78. The standard InChI is InChI=1S/C5H11FO3S.C5H5N/c6-4-2-1-3-5-10(7,8)9;1-2-4-6-5-3-1/h1-5H2,(H,7,8,9);1-5H. The minimum atomic E-state index is -3.83. The van der Waals surface area contributed by atoms with Crippen LogP contribution in [0.2, 0.25) is 0 Å². The first-order valence-corrected chi connectivity index (χ1v) is 6.53. The second-order valence-corrected chi connectivity index (χ2v) is 4.63. The summed E-state index contributed by atoms with van der Waals surface area (Å²) in [6.45, 7) is -0.425. The van der Waals surface area contributed by atoms with Gasteiger partial charge >= 0.3 is 0 Å². The van der Waals surface area contributed by atoms with E-state index in [-0.39, 0.29) is 5.75 Å². The lowest BCUT2D eigenvalue weighted by Gasteiger charge is -1.94. The molecule has 1 rings (SSSR count). The molecule has 0 aromatic carbocycles. The van der Waals surface area contributed by atoms with Gasteiger partial charge in [-0.25, -0.2) is 0 Å². The second-order valence-electron chi connectivity index (χ2n) is 3.06. The maximum absolute atomic E-state index is 11.4. The molecule has 0 aliphatic carbocycles. The molecule has 92 valence electrons. The molecule has 0 unspecified atom stereocenters. The van der Waals surface area contributed by atoms with E-state index in [9.17, 15) is 12.8 Å². The zero-order chi connectivity index (χ0) is 12.3. The lowest BCUT2D eigenvalue weighted by molar-refractivity contribution is 0.452. The Labute approximate surface area is 95.3 Å². The summed E-state index contributed by atoms with van der Waals surface area (Å²) in [5.74, 6) is -0.257. The minimum absolute atomic E-state index is 0.257. The van der Waals surface area contributed by atoms with Gasteiger partial charge in [-0.05, 0) is 31.4 Å². The first-order valence-electron chi connectivity index (χ1n) is 4.92. The molecule has 0 saturated heterocycles. The van der Waals surface area contributed by atoms with Crippen molar-refractivity contribution in [2.75, 3.05) is 12.4 Å². The van der Waals surface area contributed by atoms with E-state index in [1.807, 2.05) is 18.2 Å². The predicted molar refractivity (Wildman–Crippen MR) is 60.5 cm³/mol. The van der Waals surface area contributed by atoms with Crippen LogP contribution < -0.4 is 0 Å². The van der Waals surface area contributed by atoms with E-state index in [1.54, 1.807) is 12.4 Å². The van der Waals surface area contributed by atoms with Crippen LogP contribution in [0.5, 0.6) is 0 Å². The molecule has 0 fully saturated rings. The molecule has 1 N–H and O–H groups in total. The Bertz CT molecular complexity index is 316. The number of nitrogens with zero attached hydrogens (tertiary/aromatic N) is 1. The first-order chi connectivity index (χ1) is 7.56. The predicted octanol–water partition coefficient (Wildman–Crippen LogP) is 2.10. The van der Waals surface area contributed by atoms with Crippen molar-refractivity contribution in [3.8, 4) is 0 Å².